The highest BCUT2D eigenvalue weighted by Crippen LogP contribution is 2.45. The second-order valence-corrected chi connectivity index (χ2v) is 9.00. The van der Waals surface area contributed by atoms with Crippen molar-refractivity contribution in [2.24, 2.45) is 0 Å². The Morgan fingerprint density at radius 1 is 0.974 bits per heavy atom. The number of anilines is 1. The van der Waals surface area contributed by atoms with Crippen LogP contribution in [0.4, 0.5) is 5.69 Å². The van der Waals surface area contributed by atoms with Crippen LogP contribution < -0.4 is 9.64 Å². The highest BCUT2D eigenvalue weighted by molar-refractivity contribution is 6.10. The normalized spacial score (nSPS) is 14.6. The first-order valence-corrected chi connectivity index (χ1v) is 12.4. The molecule has 1 aliphatic heterocycles. The number of fused-ring (bicyclic) bond motifs is 1. The van der Waals surface area contributed by atoms with Crippen LogP contribution in [-0.4, -0.2) is 35.0 Å². The van der Waals surface area contributed by atoms with Crippen LogP contribution in [0.25, 0.3) is 11.3 Å². The number of carbonyl (C=O) groups excluding carboxylic acids is 1. The largest absolute Gasteiger partial charge is 0.496 e. The van der Waals surface area contributed by atoms with E-state index in [1.807, 2.05) is 78.9 Å². The molecule has 1 N–H and O–H groups in total. The van der Waals surface area contributed by atoms with Crippen molar-refractivity contribution in [2.75, 3.05) is 18.6 Å². The summed E-state index contributed by atoms with van der Waals surface area (Å²) < 4.78 is 16.6. The summed E-state index contributed by atoms with van der Waals surface area (Å²) >= 11 is 0. The maximum absolute atomic E-state index is 13.8. The molecule has 1 amide bonds. The first-order chi connectivity index (χ1) is 18.7. The molecule has 38 heavy (non-hydrogen) atoms. The lowest BCUT2D eigenvalue weighted by molar-refractivity contribution is 0.0988. The Balaban J connectivity index is 1.33. The van der Waals surface area contributed by atoms with Gasteiger partial charge in [0.2, 0.25) is 0 Å². The van der Waals surface area contributed by atoms with Crippen molar-refractivity contribution >= 4 is 11.6 Å². The molecule has 0 saturated heterocycles. The number of rotatable bonds is 9. The Morgan fingerprint density at radius 3 is 2.53 bits per heavy atom. The van der Waals surface area contributed by atoms with E-state index >= 15 is 0 Å². The number of carbonyl (C=O) groups is 1. The molecule has 3 aromatic carbocycles. The third-order valence-corrected chi connectivity index (χ3v) is 6.76. The molecule has 0 saturated carbocycles. The molecular weight excluding hydrogens is 480 g/mol. The fraction of sp³-hybridized carbons (Fsp3) is 0.167. The summed E-state index contributed by atoms with van der Waals surface area (Å²) in [4.78, 5) is 15.5. The second kappa shape index (κ2) is 10.4. The van der Waals surface area contributed by atoms with Crippen LogP contribution in [0.5, 0.6) is 5.75 Å². The summed E-state index contributed by atoms with van der Waals surface area (Å²) in [6, 6.07) is 26.9. The molecule has 0 fully saturated rings. The minimum absolute atomic E-state index is 0.169. The number of amides is 1. The van der Waals surface area contributed by atoms with Gasteiger partial charge in [0.15, 0.2) is 5.69 Å². The highest BCUT2D eigenvalue weighted by atomic mass is 16.5. The number of aromatic nitrogens is 3. The zero-order valence-electron chi connectivity index (χ0n) is 20.8. The molecule has 0 spiro atoms. The first kappa shape index (κ1) is 23.7. The molecule has 190 valence electrons. The topological polar surface area (TPSA) is 93.5 Å². The van der Waals surface area contributed by atoms with Gasteiger partial charge in [-0.3, -0.25) is 14.8 Å². The minimum Gasteiger partial charge on any atom is -0.496 e. The molecular formula is C30H26N4O4. The Bertz CT molecular complexity index is 1530. The lowest BCUT2D eigenvalue weighted by atomic mass is 9.96. The van der Waals surface area contributed by atoms with E-state index in [2.05, 4.69) is 15.4 Å². The van der Waals surface area contributed by atoms with E-state index in [1.54, 1.807) is 18.1 Å². The van der Waals surface area contributed by atoms with Crippen molar-refractivity contribution in [1.29, 1.82) is 0 Å². The van der Waals surface area contributed by atoms with Crippen molar-refractivity contribution in [3.63, 3.8) is 0 Å². The number of nitrogens with zero attached hydrogens (tertiary/aromatic N) is 3. The number of hydrogen-bond acceptors (Lipinski definition) is 6. The van der Waals surface area contributed by atoms with Gasteiger partial charge in [0.1, 0.15) is 17.7 Å². The van der Waals surface area contributed by atoms with Crippen LogP contribution in [0, 0.1) is 0 Å². The lowest BCUT2D eigenvalue weighted by Gasteiger charge is -2.27. The number of nitrogens with one attached hydrogen (secondary N) is 1. The van der Waals surface area contributed by atoms with E-state index in [4.69, 9.17) is 14.0 Å². The average Bonchev–Trinajstić information content (AvgIpc) is 3.71. The molecule has 8 heteroatoms. The van der Waals surface area contributed by atoms with Gasteiger partial charge in [-0.25, -0.2) is 0 Å². The number of benzene rings is 3. The monoisotopic (exact) mass is 506 g/mol. The van der Waals surface area contributed by atoms with Gasteiger partial charge in [0.25, 0.3) is 5.91 Å². The molecule has 1 unspecified atom stereocenters. The standard InChI is InChI=1S/C30H26N4O4/c1-36-26-10-6-5-9-23(26)29-27-25(15-17-37-19-20-7-3-2-4-8-20)31-32-28(27)30(35)34(29)22-13-11-21(12-14-22)24-16-18-38-33-24/h2-14,16,18,29H,15,17,19H2,1H3,(H,31,32). The van der Waals surface area contributed by atoms with E-state index in [0.717, 1.165) is 39.3 Å². The van der Waals surface area contributed by atoms with Crippen molar-refractivity contribution in [3.8, 4) is 17.0 Å². The Hall–Kier alpha value is -4.69. The molecule has 3 heterocycles. The average molecular weight is 507 g/mol. The highest BCUT2D eigenvalue weighted by Gasteiger charge is 2.44. The molecule has 5 aromatic rings. The Labute approximate surface area is 219 Å². The third kappa shape index (κ3) is 4.35. The molecule has 1 atom stereocenters. The van der Waals surface area contributed by atoms with Crippen LogP contribution in [0.2, 0.25) is 0 Å². The van der Waals surface area contributed by atoms with Crippen LogP contribution in [-0.2, 0) is 17.8 Å². The van der Waals surface area contributed by atoms with Crippen LogP contribution in [0.15, 0.2) is 95.7 Å². The molecule has 0 bridgehead atoms. The molecule has 1 aliphatic rings. The third-order valence-electron chi connectivity index (χ3n) is 6.76. The SMILES string of the molecule is COc1ccccc1C1c2c(n[nH]c2CCOCc2ccccc2)C(=O)N1c1ccc(-c2ccon2)cc1. The molecule has 0 aliphatic carbocycles. The zero-order chi connectivity index (χ0) is 25.9. The summed E-state index contributed by atoms with van der Waals surface area (Å²) in [5, 5.41) is 11.6. The number of aromatic amines is 1. The van der Waals surface area contributed by atoms with Crippen molar-refractivity contribution < 1.29 is 18.8 Å². The van der Waals surface area contributed by atoms with E-state index in [1.165, 1.54) is 6.26 Å². The molecule has 2 aromatic heterocycles. The van der Waals surface area contributed by atoms with Crippen LogP contribution in [0.1, 0.15) is 38.9 Å². The van der Waals surface area contributed by atoms with Crippen LogP contribution in [0.3, 0.4) is 0 Å². The maximum atomic E-state index is 13.8. The predicted octanol–water partition coefficient (Wildman–Crippen LogP) is 5.58. The predicted molar refractivity (Wildman–Crippen MR) is 142 cm³/mol. The lowest BCUT2D eigenvalue weighted by Crippen LogP contribution is -2.29. The second-order valence-electron chi connectivity index (χ2n) is 9.00. The molecule has 0 radical (unpaired) electrons. The summed E-state index contributed by atoms with van der Waals surface area (Å²) in [5.74, 6) is 0.535. The van der Waals surface area contributed by atoms with Crippen molar-refractivity contribution in [3.05, 3.63) is 119 Å². The molecule has 6 rings (SSSR count). The van der Waals surface area contributed by atoms with Gasteiger partial charge >= 0.3 is 0 Å². The summed E-state index contributed by atoms with van der Waals surface area (Å²) in [7, 11) is 1.64. The number of para-hydroxylation sites is 1. The van der Waals surface area contributed by atoms with E-state index in [0.29, 0.717) is 31.1 Å². The van der Waals surface area contributed by atoms with Gasteiger partial charge in [-0.05, 0) is 23.8 Å². The zero-order valence-corrected chi connectivity index (χ0v) is 20.8. The van der Waals surface area contributed by atoms with Crippen LogP contribution >= 0.6 is 0 Å². The van der Waals surface area contributed by atoms with Crippen molar-refractivity contribution in [1.82, 2.24) is 15.4 Å². The smallest absolute Gasteiger partial charge is 0.280 e. The summed E-state index contributed by atoms with van der Waals surface area (Å²) in [6.07, 6.45) is 2.13. The van der Waals surface area contributed by atoms with Gasteiger partial charge in [0, 0.05) is 40.6 Å². The van der Waals surface area contributed by atoms with Gasteiger partial charge < -0.3 is 14.0 Å². The number of ether oxygens (including phenoxy) is 2. The first-order valence-electron chi connectivity index (χ1n) is 12.4. The number of methoxy groups -OCH3 is 1. The van der Waals surface area contributed by atoms with Gasteiger partial charge in [-0.1, -0.05) is 65.8 Å². The number of hydrogen-bond donors (Lipinski definition) is 1. The van der Waals surface area contributed by atoms with E-state index < -0.39 is 6.04 Å². The fourth-order valence-electron chi connectivity index (χ4n) is 4.94. The Morgan fingerprint density at radius 2 is 1.76 bits per heavy atom. The van der Waals surface area contributed by atoms with E-state index in [-0.39, 0.29) is 5.91 Å². The summed E-state index contributed by atoms with van der Waals surface area (Å²) in [6.45, 7) is 1.01. The minimum atomic E-state index is -0.408. The van der Waals surface area contributed by atoms with Gasteiger partial charge in [0.05, 0.1) is 26.4 Å². The Kier molecular flexibility index (Phi) is 6.46. The molecule has 8 nitrogen and oxygen atoms in total. The quantitative estimate of drug-likeness (QED) is 0.262. The maximum Gasteiger partial charge on any atom is 0.280 e. The van der Waals surface area contributed by atoms with E-state index in [9.17, 15) is 4.79 Å². The van der Waals surface area contributed by atoms with Crippen molar-refractivity contribution in [2.45, 2.75) is 19.1 Å². The van der Waals surface area contributed by atoms with Gasteiger partial charge in [-0.15, -0.1) is 0 Å². The fourth-order valence-corrected chi connectivity index (χ4v) is 4.94. The van der Waals surface area contributed by atoms with Gasteiger partial charge in [-0.2, -0.15) is 5.10 Å². The number of H-pyrrole nitrogens is 1. The summed E-state index contributed by atoms with van der Waals surface area (Å²) in [5.41, 5.74) is 6.53.